The molecule has 1 aromatic carbocycles. The van der Waals surface area contributed by atoms with Crippen LogP contribution in [0.2, 0.25) is 0 Å². The second-order valence-corrected chi connectivity index (χ2v) is 6.73. The van der Waals surface area contributed by atoms with Crippen LogP contribution in [0.3, 0.4) is 0 Å². The summed E-state index contributed by atoms with van der Waals surface area (Å²) in [5, 5.41) is 0. The summed E-state index contributed by atoms with van der Waals surface area (Å²) in [6.07, 6.45) is 1.87. The molecule has 2 nitrogen and oxygen atoms in total. The molecule has 1 aliphatic rings. The normalized spacial score (nSPS) is 20.9. The smallest absolute Gasteiger partial charge is 0.399 e. The van der Waals surface area contributed by atoms with E-state index >= 15 is 0 Å². The standard InChI is InChI=1S/C14H20BFO2S/c1-9-10(7-8-11(19-6)12(9)16)15-17-13(2,3)14(4,5)18-15/h7-8H,1-6H3. The Morgan fingerprint density at radius 1 is 1.11 bits per heavy atom. The molecule has 104 valence electrons. The molecule has 0 radical (unpaired) electrons. The average Bonchev–Trinajstić information content (AvgIpc) is 2.51. The molecule has 0 amide bonds. The van der Waals surface area contributed by atoms with Crippen LogP contribution in [0.25, 0.3) is 0 Å². The van der Waals surface area contributed by atoms with E-state index in [4.69, 9.17) is 9.31 Å². The first kappa shape index (κ1) is 14.9. The highest BCUT2D eigenvalue weighted by Gasteiger charge is 2.52. The van der Waals surface area contributed by atoms with Crippen LogP contribution < -0.4 is 5.46 Å². The van der Waals surface area contributed by atoms with E-state index in [0.717, 1.165) is 5.46 Å². The van der Waals surface area contributed by atoms with Crippen molar-refractivity contribution in [2.75, 3.05) is 6.26 Å². The zero-order valence-corrected chi connectivity index (χ0v) is 13.2. The van der Waals surface area contributed by atoms with Gasteiger partial charge in [0.2, 0.25) is 0 Å². The lowest BCUT2D eigenvalue weighted by atomic mass is 9.76. The molecule has 0 unspecified atom stereocenters. The Morgan fingerprint density at radius 2 is 1.63 bits per heavy atom. The minimum Gasteiger partial charge on any atom is -0.399 e. The summed E-state index contributed by atoms with van der Waals surface area (Å²) in [6.45, 7) is 9.75. The van der Waals surface area contributed by atoms with Gasteiger partial charge in [-0.1, -0.05) is 6.07 Å². The fourth-order valence-electron chi connectivity index (χ4n) is 2.06. The molecule has 1 aliphatic heterocycles. The van der Waals surface area contributed by atoms with Gasteiger partial charge in [0.25, 0.3) is 0 Å². The zero-order chi connectivity index (χ0) is 14.4. The van der Waals surface area contributed by atoms with E-state index < -0.39 is 18.3 Å². The Kier molecular flexibility index (Phi) is 3.76. The lowest BCUT2D eigenvalue weighted by Gasteiger charge is -2.32. The Bertz CT molecular complexity index is 486. The molecule has 0 aliphatic carbocycles. The van der Waals surface area contributed by atoms with Gasteiger partial charge < -0.3 is 9.31 Å². The summed E-state index contributed by atoms with van der Waals surface area (Å²) >= 11 is 1.40. The van der Waals surface area contributed by atoms with Crippen LogP contribution in [0.4, 0.5) is 4.39 Å². The maximum absolute atomic E-state index is 14.2. The van der Waals surface area contributed by atoms with E-state index in [9.17, 15) is 4.39 Å². The maximum Gasteiger partial charge on any atom is 0.495 e. The van der Waals surface area contributed by atoms with E-state index in [1.165, 1.54) is 11.8 Å². The number of halogens is 1. The minimum absolute atomic E-state index is 0.181. The summed E-state index contributed by atoms with van der Waals surface area (Å²) in [5.41, 5.74) is 0.566. The SMILES string of the molecule is CSc1ccc(B2OC(C)(C)C(C)(C)O2)c(C)c1F. The van der Waals surface area contributed by atoms with Gasteiger partial charge in [-0.25, -0.2) is 4.39 Å². The fraction of sp³-hybridized carbons (Fsp3) is 0.571. The second-order valence-electron chi connectivity index (χ2n) is 5.88. The third-order valence-electron chi connectivity index (χ3n) is 4.12. The van der Waals surface area contributed by atoms with Crippen LogP contribution >= 0.6 is 11.8 Å². The van der Waals surface area contributed by atoms with Crippen molar-refractivity contribution < 1.29 is 13.7 Å². The van der Waals surface area contributed by atoms with Crippen molar-refractivity contribution in [1.82, 2.24) is 0 Å². The van der Waals surface area contributed by atoms with Crippen LogP contribution in [0.5, 0.6) is 0 Å². The summed E-state index contributed by atoms with van der Waals surface area (Å²) in [6, 6.07) is 3.68. The van der Waals surface area contributed by atoms with Crippen molar-refractivity contribution in [2.24, 2.45) is 0 Å². The number of hydrogen-bond acceptors (Lipinski definition) is 3. The van der Waals surface area contributed by atoms with Gasteiger partial charge in [0.15, 0.2) is 0 Å². The quantitative estimate of drug-likeness (QED) is 0.613. The van der Waals surface area contributed by atoms with Gasteiger partial charge in [-0.05, 0) is 58.0 Å². The van der Waals surface area contributed by atoms with Gasteiger partial charge >= 0.3 is 7.12 Å². The Labute approximate surface area is 119 Å². The molecule has 0 spiro atoms. The summed E-state index contributed by atoms with van der Waals surface area (Å²) < 4.78 is 26.1. The number of thioether (sulfide) groups is 1. The minimum atomic E-state index is -0.504. The van der Waals surface area contributed by atoms with Gasteiger partial charge in [-0.2, -0.15) is 0 Å². The fourth-order valence-corrected chi connectivity index (χ4v) is 2.59. The molecular formula is C14H20BFO2S. The molecule has 1 aromatic rings. The van der Waals surface area contributed by atoms with Crippen LogP contribution in [0.1, 0.15) is 33.3 Å². The molecule has 1 saturated heterocycles. The molecule has 0 bridgehead atoms. The molecule has 2 rings (SSSR count). The van der Waals surface area contributed by atoms with Gasteiger partial charge in [0.1, 0.15) is 5.82 Å². The predicted octanol–water partition coefficient (Wildman–Crippen LogP) is 3.16. The van der Waals surface area contributed by atoms with Crippen molar-refractivity contribution >= 4 is 24.3 Å². The van der Waals surface area contributed by atoms with Crippen molar-refractivity contribution in [3.05, 3.63) is 23.5 Å². The molecule has 0 atom stereocenters. The lowest BCUT2D eigenvalue weighted by molar-refractivity contribution is 0.00578. The first-order valence-electron chi connectivity index (χ1n) is 6.38. The molecule has 19 heavy (non-hydrogen) atoms. The molecule has 0 N–H and O–H groups in total. The number of benzene rings is 1. The first-order chi connectivity index (χ1) is 8.69. The topological polar surface area (TPSA) is 18.5 Å². The van der Waals surface area contributed by atoms with Gasteiger partial charge in [-0.15, -0.1) is 11.8 Å². The summed E-state index contributed by atoms with van der Waals surface area (Å²) in [7, 11) is -0.504. The van der Waals surface area contributed by atoms with Gasteiger partial charge in [0.05, 0.1) is 11.2 Å². The first-order valence-corrected chi connectivity index (χ1v) is 7.61. The largest absolute Gasteiger partial charge is 0.495 e. The third-order valence-corrected chi connectivity index (χ3v) is 4.88. The van der Waals surface area contributed by atoms with Gasteiger partial charge in [-0.3, -0.25) is 0 Å². The maximum atomic E-state index is 14.2. The zero-order valence-electron chi connectivity index (χ0n) is 12.3. The van der Waals surface area contributed by atoms with Crippen LogP contribution in [0, 0.1) is 12.7 Å². The molecule has 5 heteroatoms. The Morgan fingerprint density at radius 3 is 2.11 bits per heavy atom. The monoisotopic (exact) mass is 282 g/mol. The average molecular weight is 282 g/mol. The van der Waals surface area contributed by atoms with Crippen LogP contribution in [0.15, 0.2) is 17.0 Å². The highest BCUT2D eigenvalue weighted by molar-refractivity contribution is 7.98. The molecule has 1 fully saturated rings. The third kappa shape index (κ3) is 2.44. The number of hydrogen-bond donors (Lipinski definition) is 0. The van der Waals surface area contributed by atoms with Crippen molar-refractivity contribution in [3.8, 4) is 0 Å². The van der Waals surface area contributed by atoms with E-state index in [2.05, 4.69) is 0 Å². The van der Waals surface area contributed by atoms with E-state index in [1.54, 1.807) is 13.0 Å². The van der Waals surface area contributed by atoms with Crippen LogP contribution in [-0.2, 0) is 9.31 Å². The van der Waals surface area contributed by atoms with E-state index in [1.807, 2.05) is 40.0 Å². The second kappa shape index (κ2) is 4.79. The lowest BCUT2D eigenvalue weighted by Crippen LogP contribution is -2.41. The van der Waals surface area contributed by atoms with Crippen molar-refractivity contribution in [2.45, 2.75) is 50.7 Å². The molecule has 1 heterocycles. The highest BCUT2D eigenvalue weighted by atomic mass is 32.2. The van der Waals surface area contributed by atoms with E-state index in [0.29, 0.717) is 10.5 Å². The van der Waals surface area contributed by atoms with E-state index in [-0.39, 0.29) is 5.82 Å². The Hall–Kier alpha value is -0.515. The highest BCUT2D eigenvalue weighted by Crippen LogP contribution is 2.37. The van der Waals surface area contributed by atoms with Gasteiger partial charge in [0, 0.05) is 4.90 Å². The predicted molar refractivity (Wildman–Crippen MR) is 78.6 cm³/mol. The molecule has 0 saturated carbocycles. The number of rotatable bonds is 2. The summed E-state index contributed by atoms with van der Waals surface area (Å²) in [5.74, 6) is -0.181. The molecule has 0 aromatic heterocycles. The van der Waals surface area contributed by atoms with Crippen molar-refractivity contribution in [3.63, 3.8) is 0 Å². The molecular weight excluding hydrogens is 262 g/mol. The Balaban J connectivity index is 2.38. The van der Waals surface area contributed by atoms with Crippen LogP contribution in [-0.4, -0.2) is 24.6 Å². The summed E-state index contributed by atoms with van der Waals surface area (Å²) in [4.78, 5) is 0.651. The van der Waals surface area contributed by atoms with Crippen molar-refractivity contribution in [1.29, 1.82) is 0 Å².